The number of sulfonamides is 1. The van der Waals surface area contributed by atoms with E-state index >= 15 is 0 Å². The van der Waals surface area contributed by atoms with E-state index in [2.05, 4.69) is 4.72 Å². The Labute approximate surface area is 135 Å². The molecule has 0 amide bonds. The second-order valence-corrected chi connectivity index (χ2v) is 7.24. The van der Waals surface area contributed by atoms with Crippen LogP contribution in [0, 0.1) is 5.92 Å². The third kappa shape index (κ3) is 3.67. The molecule has 0 saturated heterocycles. The van der Waals surface area contributed by atoms with Gasteiger partial charge in [0.2, 0.25) is 0 Å². The van der Waals surface area contributed by atoms with Crippen LogP contribution in [0.3, 0.4) is 0 Å². The van der Waals surface area contributed by atoms with Gasteiger partial charge in [0.05, 0.1) is 10.6 Å². The quantitative estimate of drug-likeness (QED) is 0.839. The molecule has 0 saturated carbocycles. The van der Waals surface area contributed by atoms with Crippen LogP contribution in [0.5, 0.6) is 0 Å². The molecule has 0 unspecified atom stereocenters. The summed E-state index contributed by atoms with van der Waals surface area (Å²) in [6.45, 7) is 3.54. The molecule has 0 heterocycles. The summed E-state index contributed by atoms with van der Waals surface area (Å²) < 4.78 is 27.3. The molecular weight excluding hydrogens is 322 g/mol. The topological polar surface area (TPSA) is 63.2 Å². The van der Waals surface area contributed by atoms with Crippen LogP contribution in [-0.2, 0) is 10.0 Å². The predicted octanol–water partition coefficient (Wildman–Crippen LogP) is 3.98. The second-order valence-electron chi connectivity index (χ2n) is 5.12. The van der Waals surface area contributed by atoms with Crippen molar-refractivity contribution < 1.29 is 13.2 Å². The lowest BCUT2D eigenvalue weighted by Crippen LogP contribution is -2.17. The average Bonchev–Trinajstić information content (AvgIpc) is 2.47. The Bertz CT molecular complexity index is 783. The van der Waals surface area contributed by atoms with E-state index in [1.807, 2.05) is 0 Å². The highest BCUT2D eigenvalue weighted by Crippen LogP contribution is 2.23. The first-order valence-electron chi connectivity index (χ1n) is 6.73. The van der Waals surface area contributed by atoms with Gasteiger partial charge in [-0.1, -0.05) is 37.6 Å². The molecule has 4 nitrogen and oxygen atoms in total. The van der Waals surface area contributed by atoms with E-state index in [-0.39, 0.29) is 22.3 Å². The van der Waals surface area contributed by atoms with Crippen molar-refractivity contribution in [1.82, 2.24) is 0 Å². The van der Waals surface area contributed by atoms with Gasteiger partial charge in [0.25, 0.3) is 10.0 Å². The molecule has 0 aliphatic heterocycles. The minimum Gasteiger partial charge on any atom is -0.294 e. The summed E-state index contributed by atoms with van der Waals surface area (Å²) in [4.78, 5) is 12.3. The van der Waals surface area contributed by atoms with E-state index in [1.165, 1.54) is 24.3 Å². The zero-order valence-electron chi connectivity index (χ0n) is 12.2. The summed E-state index contributed by atoms with van der Waals surface area (Å²) in [5.41, 5.74) is 0.631. The summed E-state index contributed by atoms with van der Waals surface area (Å²) >= 11 is 5.76. The maximum atomic E-state index is 12.4. The number of hydrogen-bond acceptors (Lipinski definition) is 3. The summed E-state index contributed by atoms with van der Waals surface area (Å²) in [7, 11) is -3.77. The van der Waals surface area contributed by atoms with Crippen LogP contribution in [0.1, 0.15) is 24.2 Å². The zero-order chi connectivity index (χ0) is 16.3. The van der Waals surface area contributed by atoms with Crippen molar-refractivity contribution >= 4 is 33.1 Å². The largest absolute Gasteiger partial charge is 0.294 e. The lowest BCUT2D eigenvalue weighted by molar-refractivity contribution is 0.0940. The van der Waals surface area contributed by atoms with Crippen molar-refractivity contribution in [1.29, 1.82) is 0 Å². The van der Waals surface area contributed by atoms with Crippen LogP contribution < -0.4 is 4.72 Å². The first-order valence-corrected chi connectivity index (χ1v) is 8.59. The second kappa shape index (κ2) is 6.50. The Morgan fingerprint density at radius 3 is 2.23 bits per heavy atom. The summed E-state index contributed by atoms with van der Waals surface area (Å²) in [6, 6.07) is 12.4. The Balaban J connectivity index is 2.38. The highest BCUT2D eigenvalue weighted by Gasteiger charge is 2.19. The van der Waals surface area contributed by atoms with Gasteiger partial charge in [0.15, 0.2) is 5.78 Å². The molecule has 2 rings (SSSR count). The molecule has 22 heavy (non-hydrogen) atoms. The Morgan fingerprint density at radius 2 is 1.64 bits per heavy atom. The van der Waals surface area contributed by atoms with Crippen LogP contribution in [-0.4, -0.2) is 14.2 Å². The fourth-order valence-corrected chi connectivity index (χ4v) is 3.12. The number of ketones is 1. The van der Waals surface area contributed by atoms with Gasteiger partial charge >= 0.3 is 0 Å². The Kier molecular flexibility index (Phi) is 4.88. The molecule has 0 aliphatic carbocycles. The average molecular weight is 338 g/mol. The number of benzene rings is 2. The fraction of sp³-hybridized carbons (Fsp3) is 0.188. The molecular formula is C16H16ClNO3S. The van der Waals surface area contributed by atoms with Crippen LogP contribution >= 0.6 is 11.6 Å². The monoisotopic (exact) mass is 337 g/mol. The lowest BCUT2D eigenvalue weighted by atomic mass is 10.00. The summed E-state index contributed by atoms with van der Waals surface area (Å²) in [5, 5.41) is 0.453. The minimum atomic E-state index is -3.77. The van der Waals surface area contributed by atoms with Crippen molar-refractivity contribution in [3.8, 4) is 0 Å². The third-order valence-corrected chi connectivity index (χ3v) is 4.72. The minimum absolute atomic E-state index is 0.0868. The summed E-state index contributed by atoms with van der Waals surface area (Å²) in [5.74, 6) is -0.337. The SMILES string of the molecule is CC(C)C(=O)c1ccccc1NS(=O)(=O)c1ccc(Cl)cc1. The molecule has 0 spiro atoms. The number of hydrogen-bond donors (Lipinski definition) is 1. The molecule has 0 aromatic heterocycles. The first-order chi connectivity index (χ1) is 10.3. The molecule has 1 N–H and O–H groups in total. The van der Waals surface area contributed by atoms with Gasteiger partial charge in [-0.2, -0.15) is 0 Å². The highest BCUT2D eigenvalue weighted by molar-refractivity contribution is 7.92. The van der Waals surface area contributed by atoms with Crippen molar-refractivity contribution in [2.45, 2.75) is 18.7 Å². The number of anilines is 1. The van der Waals surface area contributed by atoms with E-state index < -0.39 is 10.0 Å². The normalized spacial score (nSPS) is 11.5. The van der Waals surface area contributed by atoms with E-state index in [4.69, 9.17) is 11.6 Å². The molecule has 0 aliphatic rings. The zero-order valence-corrected chi connectivity index (χ0v) is 13.8. The molecule has 116 valence electrons. The van der Waals surface area contributed by atoms with E-state index in [0.717, 1.165) is 0 Å². The van der Waals surface area contributed by atoms with Crippen LogP contribution in [0.15, 0.2) is 53.4 Å². The van der Waals surface area contributed by atoms with Gasteiger partial charge in [-0.05, 0) is 36.4 Å². The van der Waals surface area contributed by atoms with E-state index in [0.29, 0.717) is 10.6 Å². The Hall–Kier alpha value is -1.85. The van der Waals surface area contributed by atoms with E-state index in [1.54, 1.807) is 38.1 Å². The highest BCUT2D eigenvalue weighted by atomic mass is 35.5. The molecule has 0 radical (unpaired) electrons. The van der Waals surface area contributed by atoms with E-state index in [9.17, 15) is 13.2 Å². The molecule has 2 aromatic carbocycles. The molecule has 0 atom stereocenters. The van der Waals surface area contributed by atoms with Crippen molar-refractivity contribution in [3.05, 3.63) is 59.1 Å². The molecule has 6 heteroatoms. The third-order valence-electron chi connectivity index (χ3n) is 3.09. The Morgan fingerprint density at radius 1 is 1.05 bits per heavy atom. The number of carbonyl (C=O) groups excluding carboxylic acids is 1. The number of carbonyl (C=O) groups is 1. The van der Waals surface area contributed by atoms with Crippen molar-refractivity contribution in [3.63, 3.8) is 0 Å². The van der Waals surface area contributed by atoms with Crippen molar-refractivity contribution in [2.24, 2.45) is 5.92 Å². The van der Waals surface area contributed by atoms with Gasteiger partial charge in [-0.15, -0.1) is 0 Å². The number of para-hydroxylation sites is 1. The van der Waals surface area contributed by atoms with Crippen LogP contribution in [0.2, 0.25) is 5.02 Å². The molecule has 2 aromatic rings. The number of Topliss-reactive ketones (excluding diaryl/α,β-unsaturated/α-hetero) is 1. The smallest absolute Gasteiger partial charge is 0.261 e. The van der Waals surface area contributed by atoms with Gasteiger partial charge in [-0.3, -0.25) is 9.52 Å². The maximum Gasteiger partial charge on any atom is 0.261 e. The van der Waals surface area contributed by atoms with Gasteiger partial charge in [0.1, 0.15) is 0 Å². The first kappa shape index (κ1) is 16.5. The van der Waals surface area contributed by atoms with Crippen molar-refractivity contribution in [2.75, 3.05) is 4.72 Å². The van der Waals surface area contributed by atoms with Crippen LogP contribution in [0.25, 0.3) is 0 Å². The summed E-state index contributed by atoms with van der Waals surface area (Å²) in [6.07, 6.45) is 0. The lowest BCUT2D eigenvalue weighted by Gasteiger charge is -2.13. The standard InChI is InChI=1S/C16H16ClNO3S/c1-11(2)16(19)14-5-3-4-6-15(14)18-22(20,21)13-9-7-12(17)8-10-13/h3-11,18H,1-2H3. The maximum absolute atomic E-state index is 12.4. The van der Waals surface area contributed by atoms with Gasteiger partial charge < -0.3 is 0 Å². The fourth-order valence-electron chi connectivity index (χ4n) is 1.92. The number of nitrogens with one attached hydrogen (secondary N) is 1. The number of halogens is 1. The van der Waals surface area contributed by atoms with Crippen LogP contribution in [0.4, 0.5) is 5.69 Å². The molecule has 0 fully saturated rings. The van der Waals surface area contributed by atoms with Gasteiger partial charge in [0, 0.05) is 16.5 Å². The predicted molar refractivity (Wildman–Crippen MR) is 87.9 cm³/mol. The number of rotatable bonds is 5. The molecule has 0 bridgehead atoms. The van der Waals surface area contributed by atoms with Gasteiger partial charge in [-0.25, -0.2) is 8.42 Å².